The molecule has 0 fully saturated rings. The monoisotopic (exact) mass is 282 g/mol. The first-order valence-electron chi connectivity index (χ1n) is 6.56. The lowest BCUT2D eigenvalue weighted by atomic mass is 10.00. The molecule has 0 N–H and O–H groups in total. The van der Waals surface area contributed by atoms with Gasteiger partial charge in [-0.3, -0.25) is 0 Å². The average Bonchev–Trinajstić information content (AvgIpc) is 2.49. The van der Waals surface area contributed by atoms with E-state index in [-0.39, 0.29) is 0 Å². The molecule has 3 aromatic rings. The van der Waals surface area contributed by atoms with E-state index in [1.54, 1.807) is 7.11 Å². The average molecular weight is 283 g/mol. The molecular formula is C18H15ClO. The zero-order valence-electron chi connectivity index (χ0n) is 11.3. The van der Waals surface area contributed by atoms with Crippen molar-refractivity contribution in [3.63, 3.8) is 0 Å². The lowest BCUT2D eigenvalue weighted by Crippen LogP contribution is -1.94. The molecule has 100 valence electrons. The van der Waals surface area contributed by atoms with Crippen LogP contribution in [0.15, 0.2) is 60.7 Å². The Morgan fingerprint density at radius 2 is 1.55 bits per heavy atom. The number of rotatable bonds is 3. The Balaban J connectivity index is 2.03. The first-order chi connectivity index (χ1) is 9.76. The van der Waals surface area contributed by atoms with E-state index in [9.17, 15) is 0 Å². The highest BCUT2D eigenvalue weighted by atomic mass is 35.5. The summed E-state index contributed by atoms with van der Waals surface area (Å²) in [6.07, 6.45) is 0.838. The first kappa shape index (κ1) is 13.0. The highest BCUT2D eigenvalue weighted by Gasteiger charge is 2.06. The summed E-state index contributed by atoms with van der Waals surface area (Å²) in [6.45, 7) is 0. The van der Waals surface area contributed by atoms with Gasteiger partial charge in [0, 0.05) is 11.4 Å². The summed E-state index contributed by atoms with van der Waals surface area (Å²) in [7, 11) is 1.72. The van der Waals surface area contributed by atoms with Crippen LogP contribution in [0.25, 0.3) is 10.8 Å². The maximum atomic E-state index is 5.93. The molecule has 0 radical (unpaired) electrons. The smallest absolute Gasteiger partial charge is 0.123 e. The molecule has 0 bridgehead atoms. The first-order valence-corrected chi connectivity index (χ1v) is 6.94. The van der Waals surface area contributed by atoms with E-state index < -0.39 is 0 Å². The van der Waals surface area contributed by atoms with Crippen LogP contribution in [0.4, 0.5) is 0 Å². The summed E-state index contributed by atoms with van der Waals surface area (Å²) in [5.74, 6) is 0.929. The number of hydrogen-bond acceptors (Lipinski definition) is 1. The van der Waals surface area contributed by atoms with Crippen LogP contribution in [0, 0.1) is 0 Å². The second-order valence-electron chi connectivity index (χ2n) is 4.81. The molecule has 0 amide bonds. The largest absolute Gasteiger partial charge is 0.496 e. The molecule has 0 spiro atoms. The molecular weight excluding hydrogens is 268 g/mol. The molecule has 1 nitrogen and oxygen atoms in total. The number of hydrogen-bond donors (Lipinski definition) is 0. The fourth-order valence-corrected chi connectivity index (χ4v) is 2.54. The highest BCUT2D eigenvalue weighted by Crippen LogP contribution is 2.28. The number of fused-ring (bicyclic) bond motifs is 1. The quantitative estimate of drug-likeness (QED) is 0.650. The summed E-state index contributed by atoms with van der Waals surface area (Å²) in [4.78, 5) is 0. The predicted molar refractivity (Wildman–Crippen MR) is 84.8 cm³/mol. The fraction of sp³-hybridized carbons (Fsp3) is 0.111. The van der Waals surface area contributed by atoms with Crippen molar-refractivity contribution in [3.05, 3.63) is 76.8 Å². The molecule has 0 atom stereocenters. The number of benzene rings is 3. The van der Waals surface area contributed by atoms with Crippen LogP contribution in [-0.4, -0.2) is 7.11 Å². The van der Waals surface area contributed by atoms with Gasteiger partial charge in [-0.15, -0.1) is 0 Å². The molecule has 2 heteroatoms. The molecule has 20 heavy (non-hydrogen) atoms. The molecule has 0 aliphatic heterocycles. The van der Waals surface area contributed by atoms with Gasteiger partial charge in [-0.2, -0.15) is 0 Å². The zero-order valence-corrected chi connectivity index (χ0v) is 12.0. The molecule has 0 saturated heterocycles. The van der Waals surface area contributed by atoms with E-state index in [1.165, 1.54) is 21.9 Å². The Kier molecular flexibility index (Phi) is 3.62. The molecule has 0 aliphatic carbocycles. The van der Waals surface area contributed by atoms with Crippen LogP contribution in [0.1, 0.15) is 11.1 Å². The van der Waals surface area contributed by atoms with Crippen LogP contribution in [-0.2, 0) is 6.42 Å². The molecule has 0 saturated carbocycles. The minimum Gasteiger partial charge on any atom is -0.496 e. The van der Waals surface area contributed by atoms with Crippen molar-refractivity contribution < 1.29 is 4.74 Å². The lowest BCUT2D eigenvalue weighted by molar-refractivity contribution is 0.411. The van der Waals surface area contributed by atoms with Gasteiger partial charge in [-0.05, 0) is 46.2 Å². The van der Waals surface area contributed by atoms with Crippen molar-refractivity contribution in [2.75, 3.05) is 7.11 Å². The third-order valence-corrected chi connectivity index (χ3v) is 3.71. The van der Waals surface area contributed by atoms with Gasteiger partial charge >= 0.3 is 0 Å². The summed E-state index contributed by atoms with van der Waals surface area (Å²) < 4.78 is 5.52. The Labute approximate surface area is 123 Å². The van der Waals surface area contributed by atoms with E-state index in [4.69, 9.17) is 16.3 Å². The molecule has 3 aromatic carbocycles. The van der Waals surface area contributed by atoms with Gasteiger partial charge in [-0.1, -0.05) is 48.0 Å². The molecule has 0 unspecified atom stereocenters. The van der Waals surface area contributed by atoms with Crippen molar-refractivity contribution in [1.82, 2.24) is 0 Å². The van der Waals surface area contributed by atoms with Gasteiger partial charge in [0.15, 0.2) is 0 Å². The van der Waals surface area contributed by atoms with Gasteiger partial charge in [-0.25, -0.2) is 0 Å². The predicted octanol–water partition coefficient (Wildman–Crippen LogP) is 5.09. The Morgan fingerprint density at radius 3 is 2.20 bits per heavy atom. The normalized spacial score (nSPS) is 10.7. The van der Waals surface area contributed by atoms with Crippen LogP contribution in [0.5, 0.6) is 5.75 Å². The van der Waals surface area contributed by atoms with Crippen molar-refractivity contribution in [2.45, 2.75) is 6.42 Å². The third kappa shape index (κ3) is 2.63. The third-order valence-electron chi connectivity index (χ3n) is 3.46. The van der Waals surface area contributed by atoms with Gasteiger partial charge in [0.25, 0.3) is 0 Å². The van der Waals surface area contributed by atoms with Crippen molar-refractivity contribution in [2.24, 2.45) is 0 Å². The number of methoxy groups -OCH3 is 1. The van der Waals surface area contributed by atoms with E-state index in [2.05, 4.69) is 42.5 Å². The van der Waals surface area contributed by atoms with E-state index in [0.29, 0.717) is 0 Å². The summed E-state index contributed by atoms with van der Waals surface area (Å²) >= 11 is 5.93. The highest BCUT2D eigenvalue weighted by molar-refractivity contribution is 6.30. The second kappa shape index (κ2) is 5.56. The van der Waals surface area contributed by atoms with Crippen molar-refractivity contribution >= 4 is 22.4 Å². The number of ether oxygens (including phenoxy) is 1. The van der Waals surface area contributed by atoms with E-state index >= 15 is 0 Å². The van der Waals surface area contributed by atoms with Crippen LogP contribution < -0.4 is 4.74 Å². The summed E-state index contributed by atoms with van der Waals surface area (Å²) in [5.41, 5.74) is 2.41. The van der Waals surface area contributed by atoms with E-state index in [0.717, 1.165) is 17.2 Å². The molecule has 0 aromatic heterocycles. The fourth-order valence-electron chi connectivity index (χ4n) is 2.42. The Hall–Kier alpha value is -1.99. The topological polar surface area (TPSA) is 9.23 Å². The molecule has 0 heterocycles. The minimum absolute atomic E-state index is 0.763. The second-order valence-corrected chi connectivity index (χ2v) is 5.25. The van der Waals surface area contributed by atoms with E-state index in [1.807, 2.05) is 18.2 Å². The molecule has 0 aliphatic rings. The van der Waals surface area contributed by atoms with Gasteiger partial charge in [0.05, 0.1) is 7.11 Å². The standard InChI is InChI=1S/C18H15ClO/c1-20-18-12-15-5-3-2-4-14(15)11-16(18)10-13-6-8-17(19)9-7-13/h2-9,11-12H,10H2,1H3. The zero-order chi connectivity index (χ0) is 13.9. The van der Waals surface area contributed by atoms with Crippen LogP contribution >= 0.6 is 11.6 Å². The van der Waals surface area contributed by atoms with Crippen LogP contribution in [0.3, 0.4) is 0 Å². The summed E-state index contributed by atoms with van der Waals surface area (Å²) in [5, 5.41) is 3.20. The Morgan fingerprint density at radius 1 is 0.900 bits per heavy atom. The van der Waals surface area contributed by atoms with Gasteiger partial charge in [0.1, 0.15) is 5.75 Å². The van der Waals surface area contributed by atoms with Crippen molar-refractivity contribution in [3.8, 4) is 5.75 Å². The minimum atomic E-state index is 0.763. The molecule has 3 rings (SSSR count). The SMILES string of the molecule is COc1cc2ccccc2cc1Cc1ccc(Cl)cc1. The van der Waals surface area contributed by atoms with Crippen LogP contribution in [0.2, 0.25) is 5.02 Å². The Bertz CT molecular complexity index is 732. The van der Waals surface area contributed by atoms with Gasteiger partial charge < -0.3 is 4.74 Å². The van der Waals surface area contributed by atoms with Crippen molar-refractivity contribution in [1.29, 1.82) is 0 Å². The lowest BCUT2D eigenvalue weighted by Gasteiger charge is -2.11. The maximum absolute atomic E-state index is 5.93. The number of halogens is 1. The van der Waals surface area contributed by atoms with Gasteiger partial charge in [0.2, 0.25) is 0 Å². The maximum Gasteiger partial charge on any atom is 0.123 e. The summed E-state index contributed by atoms with van der Waals surface area (Å²) in [6, 6.07) is 20.6.